The molecule has 1 heterocycles. The van der Waals surface area contributed by atoms with Crippen LogP contribution in [0, 0.1) is 0 Å². The molecule has 30 heavy (non-hydrogen) atoms. The number of para-hydroxylation sites is 1. The number of aromatic hydroxyl groups is 1. The third-order valence-corrected chi connectivity index (χ3v) is 5.45. The summed E-state index contributed by atoms with van der Waals surface area (Å²) < 4.78 is 0. The zero-order chi connectivity index (χ0) is 20.9. The van der Waals surface area contributed by atoms with E-state index in [1.165, 1.54) is 16.7 Å². The lowest BCUT2D eigenvalue weighted by molar-refractivity contribution is 0.0955. The number of fused-ring (bicyclic) bond motifs is 1. The normalized spacial score (nSPS) is 14.2. The minimum Gasteiger partial charge on any atom is -0.507 e. The first-order valence-corrected chi connectivity index (χ1v) is 10.1. The Bertz CT molecular complexity index is 1070. The third kappa shape index (κ3) is 4.58. The maximum absolute atomic E-state index is 12.4. The number of nitrogens with zero attached hydrogens (tertiary/aromatic N) is 2. The van der Waals surface area contributed by atoms with Gasteiger partial charge >= 0.3 is 0 Å². The van der Waals surface area contributed by atoms with Crippen LogP contribution in [0.15, 0.2) is 77.9 Å². The van der Waals surface area contributed by atoms with Crippen molar-refractivity contribution in [2.24, 2.45) is 5.10 Å². The predicted molar refractivity (Wildman–Crippen MR) is 118 cm³/mol. The van der Waals surface area contributed by atoms with E-state index in [-0.39, 0.29) is 11.7 Å². The van der Waals surface area contributed by atoms with Crippen molar-refractivity contribution in [1.29, 1.82) is 0 Å². The number of amides is 1. The maximum Gasteiger partial charge on any atom is 0.271 e. The summed E-state index contributed by atoms with van der Waals surface area (Å²) in [7, 11) is 0. The summed E-state index contributed by atoms with van der Waals surface area (Å²) in [6, 6.07) is 23.2. The molecule has 0 saturated heterocycles. The third-order valence-electron chi connectivity index (χ3n) is 5.45. The number of hydrazone groups is 1. The topological polar surface area (TPSA) is 64.9 Å². The molecule has 0 atom stereocenters. The Kier molecular flexibility index (Phi) is 5.91. The fourth-order valence-corrected chi connectivity index (χ4v) is 3.75. The van der Waals surface area contributed by atoms with E-state index in [0.29, 0.717) is 16.8 Å². The summed E-state index contributed by atoms with van der Waals surface area (Å²) >= 11 is 0. The van der Waals surface area contributed by atoms with E-state index in [2.05, 4.69) is 39.7 Å². The van der Waals surface area contributed by atoms with Gasteiger partial charge in [-0.3, -0.25) is 9.69 Å². The number of benzene rings is 3. The first kappa shape index (κ1) is 19.9. The van der Waals surface area contributed by atoms with Gasteiger partial charge in [-0.05, 0) is 54.3 Å². The maximum atomic E-state index is 12.4. The minimum atomic E-state index is -0.275. The number of phenolic OH excluding ortho intramolecular Hbond substituents is 1. The molecule has 2 N–H and O–H groups in total. The van der Waals surface area contributed by atoms with E-state index in [0.717, 1.165) is 26.1 Å². The van der Waals surface area contributed by atoms with Gasteiger partial charge in [-0.2, -0.15) is 5.10 Å². The monoisotopic (exact) mass is 399 g/mol. The van der Waals surface area contributed by atoms with E-state index in [4.69, 9.17) is 0 Å². The number of hydrogen-bond donors (Lipinski definition) is 2. The average Bonchev–Trinajstić information content (AvgIpc) is 2.78. The molecule has 0 aliphatic carbocycles. The van der Waals surface area contributed by atoms with Crippen LogP contribution in [0.3, 0.4) is 0 Å². The van der Waals surface area contributed by atoms with Gasteiger partial charge in [0.05, 0.1) is 5.71 Å². The highest BCUT2D eigenvalue weighted by Gasteiger charge is 2.16. The lowest BCUT2D eigenvalue weighted by Gasteiger charge is -2.28. The van der Waals surface area contributed by atoms with Crippen molar-refractivity contribution in [1.82, 2.24) is 10.3 Å². The molecule has 5 nitrogen and oxygen atoms in total. The average molecular weight is 399 g/mol. The summed E-state index contributed by atoms with van der Waals surface area (Å²) in [4.78, 5) is 14.8. The molecule has 1 aliphatic heterocycles. The molecule has 0 fully saturated rings. The van der Waals surface area contributed by atoms with Crippen LogP contribution in [0.25, 0.3) is 0 Å². The Labute approximate surface area is 176 Å². The predicted octanol–water partition coefficient (Wildman–Crippen LogP) is 4.10. The molecule has 3 aromatic rings. The van der Waals surface area contributed by atoms with Crippen LogP contribution in [-0.2, 0) is 19.5 Å². The van der Waals surface area contributed by atoms with Crippen LogP contribution in [0.2, 0.25) is 0 Å². The largest absolute Gasteiger partial charge is 0.507 e. The van der Waals surface area contributed by atoms with E-state index in [1.807, 2.05) is 30.3 Å². The van der Waals surface area contributed by atoms with Gasteiger partial charge in [-0.1, -0.05) is 48.5 Å². The van der Waals surface area contributed by atoms with Gasteiger partial charge in [-0.15, -0.1) is 0 Å². The fraction of sp³-hybridized carbons (Fsp3) is 0.200. The van der Waals surface area contributed by atoms with Gasteiger partial charge in [0.15, 0.2) is 0 Å². The van der Waals surface area contributed by atoms with E-state index >= 15 is 0 Å². The van der Waals surface area contributed by atoms with Crippen molar-refractivity contribution in [3.8, 4) is 5.75 Å². The summed E-state index contributed by atoms with van der Waals surface area (Å²) in [5.74, 6) is -0.138. The zero-order valence-corrected chi connectivity index (χ0v) is 17.0. The minimum absolute atomic E-state index is 0.137. The lowest BCUT2D eigenvalue weighted by Crippen LogP contribution is -2.30. The van der Waals surface area contributed by atoms with Gasteiger partial charge in [0, 0.05) is 30.8 Å². The Hall–Kier alpha value is -3.44. The SMILES string of the molecule is C/C(=N\NC(=O)c1ccc(CN2CCc3ccccc3C2)cc1)c1ccccc1O. The molecule has 0 aromatic heterocycles. The molecule has 5 heteroatoms. The van der Waals surface area contributed by atoms with Crippen molar-refractivity contribution in [3.63, 3.8) is 0 Å². The molecule has 152 valence electrons. The highest BCUT2D eigenvalue weighted by molar-refractivity contribution is 6.02. The van der Waals surface area contributed by atoms with E-state index in [9.17, 15) is 9.90 Å². The summed E-state index contributed by atoms with van der Waals surface area (Å²) in [5.41, 5.74) is 8.28. The summed E-state index contributed by atoms with van der Waals surface area (Å²) in [5, 5.41) is 14.0. The molecule has 4 rings (SSSR count). The van der Waals surface area contributed by atoms with Crippen molar-refractivity contribution in [2.45, 2.75) is 26.4 Å². The second kappa shape index (κ2) is 8.93. The van der Waals surface area contributed by atoms with Gasteiger partial charge in [0.1, 0.15) is 5.75 Å². The van der Waals surface area contributed by atoms with Crippen molar-refractivity contribution < 1.29 is 9.90 Å². The number of phenols is 1. The smallest absolute Gasteiger partial charge is 0.271 e. The highest BCUT2D eigenvalue weighted by Crippen LogP contribution is 2.20. The molecule has 3 aromatic carbocycles. The van der Waals surface area contributed by atoms with Crippen LogP contribution < -0.4 is 5.43 Å². The number of hydrogen-bond acceptors (Lipinski definition) is 4. The molecule has 1 aliphatic rings. The fourth-order valence-electron chi connectivity index (χ4n) is 3.75. The van der Waals surface area contributed by atoms with E-state index < -0.39 is 0 Å². The van der Waals surface area contributed by atoms with Crippen LogP contribution in [-0.4, -0.2) is 28.2 Å². The number of nitrogens with one attached hydrogen (secondary N) is 1. The number of carbonyl (C=O) groups is 1. The van der Waals surface area contributed by atoms with Crippen molar-refractivity contribution in [2.75, 3.05) is 6.54 Å². The first-order valence-electron chi connectivity index (χ1n) is 10.1. The molecule has 1 amide bonds. The molecule has 0 saturated carbocycles. The molecular formula is C25H25N3O2. The highest BCUT2D eigenvalue weighted by atomic mass is 16.3. The Morgan fingerprint density at radius 3 is 2.47 bits per heavy atom. The molecule has 0 radical (unpaired) electrons. The Morgan fingerprint density at radius 2 is 1.70 bits per heavy atom. The lowest BCUT2D eigenvalue weighted by atomic mass is 9.99. The Morgan fingerprint density at radius 1 is 1.00 bits per heavy atom. The second-order valence-corrected chi connectivity index (χ2v) is 7.58. The molecule has 0 unspecified atom stereocenters. The summed E-state index contributed by atoms with van der Waals surface area (Å²) in [6.45, 7) is 4.61. The molecule has 0 spiro atoms. The van der Waals surface area contributed by atoms with Crippen LogP contribution in [0.1, 0.15) is 39.5 Å². The van der Waals surface area contributed by atoms with Crippen LogP contribution >= 0.6 is 0 Å². The summed E-state index contributed by atoms with van der Waals surface area (Å²) in [6.07, 6.45) is 1.07. The number of rotatable bonds is 5. The van der Waals surface area contributed by atoms with Gasteiger partial charge in [-0.25, -0.2) is 5.43 Å². The van der Waals surface area contributed by atoms with Crippen LogP contribution in [0.5, 0.6) is 5.75 Å². The van der Waals surface area contributed by atoms with Gasteiger partial charge < -0.3 is 5.11 Å². The first-order chi connectivity index (χ1) is 14.6. The van der Waals surface area contributed by atoms with Gasteiger partial charge in [0.25, 0.3) is 5.91 Å². The van der Waals surface area contributed by atoms with Crippen molar-refractivity contribution >= 4 is 11.6 Å². The standard InChI is InChI=1S/C25H25N3O2/c1-18(23-8-4-5-9-24(23)29)26-27-25(30)21-12-10-19(11-13-21)16-28-15-14-20-6-2-3-7-22(20)17-28/h2-13,29H,14-17H2,1H3,(H,27,30)/b26-18+. The zero-order valence-electron chi connectivity index (χ0n) is 17.0. The second-order valence-electron chi connectivity index (χ2n) is 7.58. The quantitative estimate of drug-likeness (QED) is 0.501. The van der Waals surface area contributed by atoms with Crippen molar-refractivity contribution in [3.05, 3.63) is 101 Å². The van der Waals surface area contributed by atoms with E-state index in [1.54, 1.807) is 25.1 Å². The van der Waals surface area contributed by atoms with Gasteiger partial charge in [0.2, 0.25) is 0 Å². The molecule has 0 bridgehead atoms. The molecular weight excluding hydrogens is 374 g/mol. The Balaban J connectivity index is 1.36. The van der Waals surface area contributed by atoms with Crippen LogP contribution in [0.4, 0.5) is 0 Å². The number of carbonyl (C=O) groups excluding carboxylic acids is 1.